The van der Waals surface area contributed by atoms with Crippen molar-refractivity contribution in [2.24, 2.45) is 5.73 Å². The van der Waals surface area contributed by atoms with E-state index in [-0.39, 0.29) is 11.9 Å². The van der Waals surface area contributed by atoms with Crippen molar-refractivity contribution in [2.45, 2.75) is 32.2 Å². The minimum Gasteiger partial charge on any atom is -0.380 e. The Morgan fingerprint density at radius 2 is 2.25 bits per heavy atom. The van der Waals surface area contributed by atoms with Crippen molar-refractivity contribution in [2.75, 3.05) is 31.8 Å². The van der Waals surface area contributed by atoms with Gasteiger partial charge < -0.3 is 15.8 Å². The molecular weight excluding hydrogens is 224 g/mol. The van der Waals surface area contributed by atoms with Crippen LogP contribution in [0.3, 0.4) is 0 Å². The Hall–Kier alpha value is -0.260. The van der Waals surface area contributed by atoms with Gasteiger partial charge in [-0.1, -0.05) is 13.3 Å². The summed E-state index contributed by atoms with van der Waals surface area (Å²) >= 11 is 1.70. The molecule has 0 aromatic rings. The average molecular weight is 248 g/mol. The van der Waals surface area contributed by atoms with Crippen LogP contribution in [-0.2, 0) is 9.53 Å². The minimum atomic E-state index is -0.386. The van der Waals surface area contributed by atoms with E-state index in [0.29, 0.717) is 13.2 Å². The van der Waals surface area contributed by atoms with Crippen LogP contribution >= 0.6 is 11.8 Å². The molecule has 5 heteroatoms. The van der Waals surface area contributed by atoms with E-state index in [9.17, 15) is 4.79 Å². The largest absolute Gasteiger partial charge is 0.380 e. The maximum atomic E-state index is 11.4. The topological polar surface area (TPSA) is 64.3 Å². The lowest BCUT2D eigenvalue weighted by molar-refractivity contribution is -0.122. The molecule has 0 bridgehead atoms. The molecule has 3 N–H and O–H groups in total. The van der Waals surface area contributed by atoms with Crippen LogP contribution in [0.5, 0.6) is 0 Å². The Balaban J connectivity index is 3.35. The number of rotatable bonds is 10. The third-order valence-electron chi connectivity index (χ3n) is 2.16. The first-order valence-electron chi connectivity index (χ1n) is 5.82. The van der Waals surface area contributed by atoms with Crippen molar-refractivity contribution >= 4 is 17.7 Å². The molecule has 1 atom stereocenters. The third-order valence-corrected chi connectivity index (χ3v) is 2.80. The smallest absolute Gasteiger partial charge is 0.237 e. The first-order valence-corrected chi connectivity index (χ1v) is 7.21. The van der Waals surface area contributed by atoms with E-state index in [1.807, 2.05) is 6.26 Å². The number of nitrogens with one attached hydrogen (secondary N) is 1. The number of amides is 1. The summed E-state index contributed by atoms with van der Waals surface area (Å²) in [6.45, 7) is 4.01. The molecule has 16 heavy (non-hydrogen) atoms. The van der Waals surface area contributed by atoms with E-state index in [1.165, 1.54) is 0 Å². The van der Waals surface area contributed by atoms with Gasteiger partial charge in [-0.3, -0.25) is 4.79 Å². The first-order chi connectivity index (χ1) is 7.72. The highest BCUT2D eigenvalue weighted by atomic mass is 32.2. The molecule has 0 saturated carbocycles. The quantitative estimate of drug-likeness (QED) is 0.566. The Labute approximate surface area is 103 Å². The number of ether oxygens (including phenoxy) is 1. The van der Waals surface area contributed by atoms with E-state index in [2.05, 4.69) is 12.2 Å². The Bertz CT molecular complexity index is 179. The summed E-state index contributed by atoms with van der Waals surface area (Å²) < 4.78 is 5.33. The van der Waals surface area contributed by atoms with Crippen LogP contribution in [0.25, 0.3) is 0 Å². The van der Waals surface area contributed by atoms with Gasteiger partial charge in [-0.05, 0) is 24.9 Å². The highest BCUT2D eigenvalue weighted by molar-refractivity contribution is 7.98. The summed E-state index contributed by atoms with van der Waals surface area (Å²) in [6.07, 6.45) is 4.93. The summed E-state index contributed by atoms with van der Waals surface area (Å²) in [5.41, 5.74) is 5.70. The van der Waals surface area contributed by atoms with Gasteiger partial charge in [0.15, 0.2) is 0 Å². The fourth-order valence-electron chi connectivity index (χ4n) is 1.10. The molecule has 0 aliphatic rings. The molecule has 4 nitrogen and oxygen atoms in total. The molecule has 0 spiro atoms. The fraction of sp³-hybridized carbons (Fsp3) is 0.909. The molecule has 0 heterocycles. The van der Waals surface area contributed by atoms with E-state index in [1.54, 1.807) is 11.8 Å². The molecule has 0 aromatic heterocycles. The number of carbonyl (C=O) groups is 1. The second-order valence-corrected chi connectivity index (χ2v) is 4.63. The number of hydrogen-bond donors (Lipinski definition) is 2. The zero-order valence-corrected chi connectivity index (χ0v) is 11.1. The van der Waals surface area contributed by atoms with E-state index >= 15 is 0 Å². The maximum Gasteiger partial charge on any atom is 0.237 e. The van der Waals surface area contributed by atoms with Crippen molar-refractivity contribution in [3.8, 4) is 0 Å². The lowest BCUT2D eigenvalue weighted by atomic mass is 10.2. The van der Waals surface area contributed by atoms with Gasteiger partial charge in [-0.25, -0.2) is 0 Å². The minimum absolute atomic E-state index is 0.0758. The van der Waals surface area contributed by atoms with Crippen LogP contribution in [-0.4, -0.2) is 43.7 Å². The summed E-state index contributed by atoms with van der Waals surface area (Å²) in [4.78, 5) is 11.4. The zero-order chi connectivity index (χ0) is 12.2. The number of nitrogens with two attached hydrogens (primary N) is 1. The van der Waals surface area contributed by atoms with Gasteiger partial charge >= 0.3 is 0 Å². The SMILES string of the molecule is CCCCOCCNC(=O)[C@H](N)CCSC. The molecule has 0 unspecified atom stereocenters. The zero-order valence-electron chi connectivity index (χ0n) is 10.3. The van der Waals surface area contributed by atoms with Crippen LogP contribution in [0.1, 0.15) is 26.2 Å². The highest BCUT2D eigenvalue weighted by Crippen LogP contribution is 1.98. The molecule has 0 rings (SSSR count). The maximum absolute atomic E-state index is 11.4. The number of thioether (sulfide) groups is 1. The molecule has 0 saturated heterocycles. The van der Waals surface area contributed by atoms with Gasteiger partial charge in [0.2, 0.25) is 5.91 Å². The monoisotopic (exact) mass is 248 g/mol. The standard InChI is InChI=1S/C11H24N2O2S/c1-3-4-7-15-8-6-13-11(14)10(12)5-9-16-2/h10H,3-9,12H2,1-2H3,(H,13,14)/t10-/m1/s1. The summed E-state index contributed by atoms with van der Waals surface area (Å²) in [5, 5.41) is 2.77. The number of carbonyl (C=O) groups excluding carboxylic acids is 1. The van der Waals surface area contributed by atoms with Crippen molar-refractivity contribution in [3.05, 3.63) is 0 Å². The van der Waals surface area contributed by atoms with Gasteiger partial charge in [-0.2, -0.15) is 11.8 Å². The van der Waals surface area contributed by atoms with E-state index < -0.39 is 0 Å². The Morgan fingerprint density at radius 1 is 1.50 bits per heavy atom. The summed E-state index contributed by atoms with van der Waals surface area (Å²) in [7, 11) is 0. The van der Waals surface area contributed by atoms with Gasteiger partial charge in [0.1, 0.15) is 0 Å². The summed E-state index contributed by atoms with van der Waals surface area (Å²) in [6, 6.07) is -0.386. The molecule has 1 amide bonds. The first kappa shape index (κ1) is 15.7. The molecule has 0 radical (unpaired) electrons. The van der Waals surface area contributed by atoms with Gasteiger partial charge in [0.25, 0.3) is 0 Å². The second kappa shape index (κ2) is 11.2. The summed E-state index contributed by atoms with van der Waals surface area (Å²) in [5.74, 6) is 0.842. The molecular formula is C11H24N2O2S. The van der Waals surface area contributed by atoms with Crippen molar-refractivity contribution in [3.63, 3.8) is 0 Å². The lowest BCUT2D eigenvalue weighted by Gasteiger charge is -2.11. The lowest BCUT2D eigenvalue weighted by Crippen LogP contribution is -2.42. The predicted molar refractivity (Wildman–Crippen MR) is 69.7 cm³/mol. The van der Waals surface area contributed by atoms with Crippen molar-refractivity contribution in [1.82, 2.24) is 5.32 Å². The van der Waals surface area contributed by atoms with Crippen molar-refractivity contribution < 1.29 is 9.53 Å². The molecule has 0 aromatic carbocycles. The number of unbranched alkanes of at least 4 members (excludes halogenated alkanes) is 1. The Kier molecular flexibility index (Phi) is 11.0. The van der Waals surface area contributed by atoms with Crippen LogP contribution in [0.15, 0.2) is 0 Å². The molecule has 0 fully saturated rings. The highest BCUT2D eigenvalue weighted by Gasteiger charge is 2.11. The van der Waals surface area contributed by atoms with E-state index in [4.69, 9.17) is 10.5 Å². The average Bonchev–Trinajstić information content (AvgIpc) is 2.30. The number of hydrogen-bond acceptors (Lipinski definition) is 4. The third kappa shape index (κ3) is 9.00. The van der Waals surface area contributed by atoms with Crippen molar-refractivity contribution in [1.29, 1.82) is 0 Å². The van der Waals surface area contributed by atoms with Gasteiger partial charge in [0, 0.05) is 13.2 Å². The van der Waals surface area contributed by atoms with Crippen LogP contribution < -0.4 is 11.1 Å². The molecule has 0 aliphatic heterocycles. The molecule has 0 aliphatic carbocycles. The second-order valence-electron chi connectivity index (χ2n) is 3.64. The van der Waals surface area contributed by atoms with Crippen LogP contribution in [0.4, 0.5) is 0 Å². The van der Waals surface area contributed by atoms with Gasteiger partial charge in [-0.15, -0.1) is 0 Å². The van der Waals surface area contributed by atoms with Crippen LogP contribution in [0.2, 0.25) is 0 Å². The fourth-order valence-corrected chi connectivity index (χ4v) is 1.59. The van der Waals surface area contributed by atoms with Crippen LogP contribution in [0, 0.1) is 0 Å². The van der Waals surface area contributed by atoms with Gasteiger partial charge in [0.05, 0.1) is 12.6 Å². The van der Waals surface area contributed by atoms with E-state index in [0.717, 1.165) is 31.6 Å². The molecule has 96 valence electrons. The normalized spacial score (nSPS) is 12.4. The Morgan fingerprint density at radius 3 is 2.88 bits per heavy atom. The predicted octanol–water partition coefficient (Wildman–Crippen LogP) is 1.000.